The van der Waals surface area contributed by atoms with E-state index in [9.17, 15) is 14.4 Å². The molecule has 0 saturated carbocycles. The molecule has 2 heterocycles. The van der Waals surface area contributed by atoms with E-state index in [1.54, 1.807) is 6.20 Å². The first-order valence-electron chi connectivity index (χ1n) is 7.98. The number of anilines is 1. The van der Waals surface area contributed by atoms with Crippen molar-refractivity contribution in [2.24, 2.45) is 0 Å². The molecule has 0 saturated heterocycles. The minimum absolute atomic E-state index is 0.198. The van der Waals surface area contributed by atoms with Crippen LogP contribution in [0.15, 0.2) is 60.9 Å². The summed E-state index contributed by atoms with van der Waals surface area (Å²) in [4.78, 5) is 38.7. The quantitative estimate of drug-likeness (QED) is 0.710. The van der Waals surface area contributed by atoms with E-state index in [0.29, 0.717) is 16.8 Å². The number of imide groups is 1. The van der Waals surface area contributed by atoms with E-state index in [2.05, 4.69) is 15.5 Å². The van der Waals surface area contributed by atoms with Crippen LogP contribution in [0.1, 0.15) is 36.6 Å². The number of H-pyrrole nitrogens is 1. The zero-order valence-electron chi connectivity index (χ0n) is 13.6. The number of fused-ring (bicyclic) bond motifs is 1. The third-order valence-corrected chi connectivity index (χ3v) is 4.17. The standard InChI is InChI=1S/C19H14N4O3/c24-17(22-14-9-20-21-10-14)13-6-7-15-16(8-13)19(26)23(18(15)25)11-12-4-2-1-3-5-12/h1-10H,11H2,(H,20,21)(H,22,24). The summed E-state index contributed by atoms with van der Waals surface area (Å²) in [5, 5.41) is 9.02. The highest BCUT2D eigenvalue weighted by Crippen LogP contribution is 2.26. The second kappa shape index (κ2) is 6.29. The Morgan fingerprint density at radius 3 is 2.54 bits per heavy atom. The fourth-order valence-electron chi connectivity index (χ4n) is 2.86. The Bertz CT molecular complexity index is 997. The molecule has 7 nitrogen and oxygen atoms in total. The summed E-state index contributed by atoms with van der Waals surface area (Å²) in [6, 6.07) is 13.8. The number of aromatic nitrogens is 2. The summed E-state index contributed by atoms with van der Waals surface area (Å²) in [7, 11) is 0. The first-order valence-corrected chi connectivity index (χ1v) is 7.98. The van der Waals surface area contributed by atoms with Gasteiger partial charge in [0, 0.05) is 11.8 Å². The van der Waals surface area contributed by atoms with Crippen molar-refractivity contribution >= 4 is 23.4 Å². The lowest BCUT2D eigenvalue weighted by Gasteiger charge is -2.13. The Morgan fingerprint density at radius 2 is 1.81 bits per heavy atom. The van der Waals surface area contributed by atoms with Gasteiger partial charge in [-0.2, -0.15) is 5.10 Å². The minimum atomic E-state index is -0.396. The molecule has 26 heavy (non-hydrogen) atoms. The number of nitrogens with zero attached hydrogens (tertiary/aromatic N) is 2. The maximum absolute atomic E-state index is 12.7. The molecular formula is C19H14N4O3. The van der Waals surface area contributed by atoms with Crippen molar-refractivity contribution in [1.82, 2.24) is 15.1 Å². The van der Waals surface area contributed by atoms with Gasteiger partial charge < -0.3 is 5.32 Å². The van der Waals surface area contributed by atoms with E-state index in [-0.39, 0.29) is 23.9 Å². The topological polar surface area (TPSA) is 95.2 Å². The van der Waals surface area contributed by atoms with Gasteiger partial charge in [0.25, 0.3) is 17.7 Å². The zero-order valence-corrected chi connectivity index (χ0v) is 13.6. The molecule has 3 amide bonds. The third kappa shape index (κ3) is 2.75. The molecule has 0 spiro atoms. The van der Waals surface area contributed by atoms with E-state index in [0.717, 1.165) is 5.56 Å². The fraction of sp³-hybridized carbons (Fsp3) is 0.0526. The SMILES string of the molecule is O=C(Nc1cn[nH]c1)c1ccc2c(c1)C(=O)N(Cc1ccccc1)C2=O. The minimum Gasteiger partial charge on any atom is -0.319 e. The molecule has 4 rings (SSSR count). The summed E-state index contributed by atoms with van der Waals surface area (Å²) in [6.07, 6.45) is 3.02. The predicted molar refractivity (Wildman–Crippen MR) is 93.6 cm³/mol. The molecule has 3 aromatic rings. The van der Waals surface area contributed by atoms with Crippen molar-refractivity contribution in [3.05, 3.63) is 83.2 Å². The molecule has 0 fully saturated rings. The van der Waals surface area contributed by atoms with Crippen LogP contribution >= 0.6 is 0 Å². The van der Waals surface area contributed by atoms with Gasteiger partial charge in [0.15, 0.2) is 0 Å². The van der Waals surface area contributed by atoms with Crippen molar-refractivity contribution in [3.63, 3.8) is 0 Å². The van der Waals surface area contributed by atoms with Crippen LogP contribution in [-0.2, 0) is 6.54 Å². The van der Waals surface area contributed by atoms with Crippen LogP contribution in [0.25, 0.3) is 0 Å². The van der Waals surface area contributed by atoms with Gasteiger partial charge in [-0.05, 0) is 23.8 Å². The van der Waals surface area contributed by atoms with Gasteiger partial charge in [0.1, 0.15) is 0 Å². The number of nitrogens with one attached hydrogen (secondary N) is 2. The molecule has 128 valence electrons. The summed E-state index contributed by atoms with van der Waals surface area (Å²) >= 11 is 0. The van der Waals surface area contributed by atoms with Gasteiger partial charge in [0.2, 0.25) is 0 Å². The maximum atomic E-state index is 12.7. The lowest BCUT2D eigenvalue weighted by Crippen LogP contribution is -2.29. The second-order valence-electron chi connectivity index (χ2n) is 5.88. The van der Waals surface area contributed by atoms with Crippen molar-refractivity contribution in [2.75, 3.05) is 5.32 Å². The molecule has 7 heteroatoms. The molecule has 1 aliphatic rings. The first kappa shape index (κ1) is 15.8. The number of hydrogen-bond donors (Lipinski definition) is 2. The van der Waals surface area contributed by atoms with Gasteiger partial charge in [-0.3, -0.25) is 24.4 Å². The van der Waals surface area contributed by atoms with E-state index >= 15 is 0 Å². The van der Waals surface area contributed by atoms with Crippen molar-refractivity contribution in [3.8, 4) is 0 Å². The summed E-state index contributed by atoms with van der Waals surface area (Å²) in [6.45, 7) is 0.198. The van der Waals surface area contributed by atoms with Crippen LogP contribution in [0.5, 0.6) is 0 Å². The van der Waals surface area contributed by atoms with Crippen LogP contribution in [-0.4, -0.2) is 32.8 Å². The van der Waals surface area contributed by atoms with Crippen molar-refractivity contribution in [1.29, 1.82) is 0 Å². The van der Waals surface area contributed by atoms with Gasteiger partial charge in [-0.25, -0.2) is 0 Å². The molecule has 2 N–H and O–H groups in total. The van der Waals surface area contributed by atoms with Crippen molar-refractivity contribution in [2.45, 2.75) is 6.54 Å². The highest BCUT2D eigenvalue weighted by atomic mass is 16.2. The Kier molecular flexibility index (Phi) is 3.81. The molecule has 1 aromatic heterocycles. The summed E-state index contributed by atoms with van der Waals surface area (Å²) in [5.41, 5.74) is 2.23. The van der Waals surface area contributed by atoms with Crippen molar-refractivity contribution < 1.29 is 14.4 Å². The number of carbonyl (C=O) groups excluding carboxylic acids is 3. The molecule has 1 aliphatic heterocycles. The zero-order chi connectivity index (χ0) is 18.1. The second-order valence-corrected chi connectivity index (χ2v) is 5.88. The molecule has 2 aromatic carbocycles. The largest absolute Gasteiger partial charge is 0.319 e. The average Bonchev–Trinajstić information content (AvgIpc) is 3.25. The highest BCUT2D eigenvalue weighted by molar-refractivity contribution is 6.22. The summed E-state index contributed by atoms with van der Waals surface area (Å²) < 4.78 is 0. The Balaban J connectivity index is 1.59. The lowest BCUT2D eigenvalue weighted by molar-refractivity contribution is 0.0642. The average molecular weight is 346 g/mol. The highest BCUT2D eigenvalue weighted by Gasteiger charge is 2.35. The van der Waals surface area contributed by atoms with Gasteiger partial charge in [0.05, 0.1) is 29.6 Å². The van der Waals surface area contributed by atoms with Crippen LogP contribution in [0.2, 0.25) is 0 Å². The third-order valence-electron chi connectivity index (χ3n) is 4.17. The van der Waals surface area contributed by atoms with Crippen LogP contribution in [0.3, 0.4) is 0 Å². The van der Waals surface area contributed by atoms with Crippen LogP contribution < -0.4 is 5.32 Å². The van der Waals surface area contributed by atoms with E-state index in [4.69, 9.17) is 0 Å². The molecule has 0 radical (unpaired) electrons. The number of amides is 3. The smallest absolute Gasteiger partial charge is 0.261 e. The van der Waals surface area contributed by atoms with Gasteiger partial charge >= 0.3 is 0 Å². The monoisotopic (exact) mass is 346 g/mol. The molecule has 0 bridgehead atoms. The normalized spacial score (nSPS) is 13.0. The molecule has 0 unspecified atom stereocenters. The van der Waals surface area contributed by atoms with E-state index in [1.807, 2.05) is 30.3 Å². The number of rotatable bonds is 4. The Labute approximate surface area is 148 Å². The molecule has 0 aliphatic carbocycles. The Morgan fingerprint density at radius 1 is 1.04 bits per heavy atom. The van der Waals surface area contributed by atoms with E-state index < -0.39 is 5.91 Å². The maximum Gasteiger partial charge on any atom is 0.261 e. The molecule has 0 atom stereocenters. The van der Waals surface area contributed by atoms with E-state index in [1.165, 1.54) is 29.3 Å². The number of aromatic amines is 1. The first-order chi connectivity index (χ1) is 12.6. The fourth-order valence-corrected chi connectivity index (χ4v) is 2.86. The number of carbonyl (C=O) groups is 3. The van der Waals surface area contributed by atoms with Gasteiger partial charge in [-0.15, -0.1) is 0 Å². The Hall–Kier alpha value is -3.74. The number of hydrogen-bond acceptors (Lipinski definition) is 4. The van der Waals surface area contributed by atoms with Gasteiger partial charge in [-0.1, -0.05) is 30.3 Å². The van der Waals surface area contributed by atoms with Crippen LogP contribution in [0, 0.1) is 0 Å². The lowest BCUT2D eigenvalue weighted by atomic mass is 10.1. The number of benzene rings is 2. The molecular weight excluding hydrogens is 332 g/mol. The predicted octanol–water partition coefficient (Wildman–Crippen LogP) is 2.46. The summed E-state index contributed by atoms with van der Waals surface area (Å²) in [5.74, 6) is -1.13. The van der Waals surface area contributed by atoms with Crippen LogP contribution in [0.4, 0.5) is 5.69 Å².